The normalized spacial score (nSPS) is 21.1. The van der Waals surface area contributed by atoms with Crippen LogP contribution in [-0.4, -0.2) is 12.9 Å². The zero-order chi connectivity index (χ0) is 10.5. The molecule has 15 heavy (non-hydrogen) atoms. The Labute approximate surface area is 89.3 Å². The van der Waals surface area contributed by atoms with Crippen LogP contribution in [0.5, 0.6) is 5.75 Å². The third kappa shape index (κ3) is 2.91. The molecule has 1 atom stereocenters. The molecule has 3 heteroatoms. The Bertz CT molecular complexity index is 321. The van der Waals surface area contributed by atoms with Crippen molar-refractivity contribution < 1.29 is 14.2 Å². The van der Waals surface area contributed by atoms with Crippen LogP contribution < -0.4 is 4.74 Å². The summed E-state index contributed by atoms with van der Waals surface area (Å²) < 4.78 is 16.2. The Balaban J connectivity index is 1.96. The first-order valence-corrected chi connectivity index (χ1v) is 5.04. The molecule has 1 aliphatic rings. The van der Waals surface area contributed by atoms with E-state index in [0.29, 0.717) is 12.6 Å². The van der Waals surface area contributed by atoms with Crippen molar-refractivity contribution in [1.82, 2.24) is 0 Å². The van der Waals surface area contributed by atoms with Crippen molar-refractivity contribution in [3.63, 3.8) is 0 Å². The Morgan fingerprint density at radius 2 is 2.07 bits per heavy atom. The molecule has 0 aromatic heterocycles. The number of para-hydroxylation sites is 1. The zero-order valence-electron chi connectivity index (χ0n) is 8.52. The lowest BCUT2D eigenvalue weighted by molar-refractivity contribution is -0.0798. The van der Waals surface area contributed by atoms with Crippen molar-refractivity contribution in [3.8, 4) is 5.75 Å². The van der Waals surface area contributed by atoms with E-state index in [-0.39, 0.29) is 6.29 Å². The minimum Gasteiger partial charge on any atom is -0.466 e. The molecular weight excluding hydrogens is 192 g/mol. The fourth-order valence-corrected chi connectivity index (χ4v) is 1.41. The predicted octanol–water partition coefficient (Wildman–Crippen LogP) is 2.69. The summed E-state index contributed by atoms with van der Waals surface area (Å²) in [7, 11) is 0. The van der Waals surface area contributed by atoms with Gasteiger partial charge in [-0.25, -0.2) is 0 Å². The molecule has 0 saturated carbocycles. The second-order valence-electron chi connectivity index (χ2n) is 3.34. The van der Waals surface area contributed by atoms with Gasteiger partial charge in [0.25, 0.3) is 5.95 Å². The van der Waals surface area contributed by atoms with Crippen LogP contribution in [0.2, 0.25) is 0 Å². The molecule has 1 saturated heterocycles. The minimum absolute atomic E-state index is 0.289. The Morgan fingerprint density at radius 3 is 2.87 bits per heavy atom. The fraction of sp³-hybridized carbons (Fsp3) is 0.333. The molecule has 1 unspecified atom stereocenters. The maximum Gasteiger partial charge on any atom is 0.274 e. The van der Waals surface area contributed by atoms with Crippen molar-refractivity contribution in [1.29, 1.82) is 0 Å². The van der Waals surface area contributed by atoms with Crippen molar-refractivity contribution in [2.75, 3.05) is 6.61 Å². The molecule has 0 bridgehead atoms. The van der Waals surface area contributed by atoms with Crippen LogP contribution in [0.1, 0.15) is 12.8 Å². The van der Waals surface area contributed by atoms with Crippen LogP contribution in [0.3, 0.4) is 0 Å². The molecule has 0 spiro atoms. The number of hydrogen-bond donors (Lipinski definition) is 0. The zero-order valence-corrected chi connectivity index (χ0v) is 8.52. The summed E-state index contributed by atoms with van der Waals surface area (Å²) in [6.45, 7) is 4.29. The van der Waals surface area contributed by atoms with Gasteiger partial charge in [0.15, 0.2) is 0 Å². The fourth-order valence-electron chi connectivity index (χ4n) is 1.41. The first-order chi connectivity index (χ1) is 7.34. The molecule has 1 heterocycles. The summed E-state index contributed by atoms with van der Waals surface area (Å²) in [5.41, 5.74) is 0. The van der Waals surface area contributed by atoms with E-state index in [0.717, 1.165) is 18.6 Å². The van der Waals surface area contributed by atoms with Gasteiger partial charge in [-0.3, -0.25) is 0 Å². The number of hydrogen-bond acceptors (Lipinski definition) is 3. The molecule has 1 aromatic rings. The van der Waals surface area contributed by atoms with Gasteiger partial charge in [0.2, 0.25) is 6.29 Å². The van der Waals surface area contributed by atoms with Gasteiger partial charge in [-0.05, 0) is 25.1 Å². The average molecular weight is 206 g/mol. The molecule has 80 valence electrons. The van der Waals surface area contributed by atoms with Crippen LogP contribution in [0.4, 0.5) is 0 Å². The van der Waals surface area contributed by atoms with Crippen LogP contribution in [-0.2, 0) is 9.47 Å². The molecule has 0 amide bonds. The molecule has 0 aliphatic carbocycles. The van der Waals surface area contributed by atoms with E-state index in [1.807, 2.05) is 30.3 Å². The molecule has 2 rings (SSSR count). The number of rotatable bonds is 2. The average Bonchev–Trinajstić information content (AvgIpc) is 2.44. The molecule has 0 radical (unpaired) electrons. The topological polar surface area (TPSA) is 27.7 Å². The first-order valence-electron chi connectivity index (χ1n) is 5.04. The summed E-state index contributed by atoms with van der Waals surface area (Å²) in [5.74, 6) is 1.14. The van der Waals surface area contributed by atoms with E-state index in [1.165, 1.54) is 0 Å². The smallest absolute Gasteiger partial charge is 0.274 e. The van der Waals surface area contributed by atoms with E-state index >= 15 is 0 Å². The summed E-state index contributed by atoms with van der Waals surface area (Å²) >= 11 is 0. The van der Waals surface area contributed by atoms with Gasteiger partial charge in [-0.1, -0.05) is 18.2 Å². The molecule has 0 N–H and O–H groups in total. The highest BCUT2D eigenvalue weighted by Gasteiger charge is 2.16. The number of ether oxygens (including phenoxy) is 3. The van der Waals surface area contributed by atoms with E-state index < -0.39 is 0 Å². The molecule has 1 aromatic carbocycles. The lowest BCUT2D eigenvalue weighted by atomic mass is 10.3. The van der Waals surface area contributed by atoms with Gasteiger partial charge in [0.1, 0.15) is 5.75 Å². The first kappa shape index (κ1) is 9.90. The Kier molecular flexibility index (Phi) is 3.12. The van der Waals surface area contributed by atoms with Gasteiger partial charge in [0, 0.05) is 6.42 Å². The quantitative estimate of drug-likeness (QED) is 0.744. The predicted molar refractivity (Wildman–Crippen MR) is 56.3 cm³/mol. The summed E-state index contributed by atoms with van der Waals surface area (Å²) in [6.07, 6.45) is 1.44. The van der Waals surface area contributed by atoms with E-state index in [9.17, 15) is 0 Å². The largest absolute Gasteiger partial charge is 0.466 e. The highest BCUT2D eigenvalue weighted by atomic mass is 16.8. The van der Waals surface area contributed by atoms with Gasteiger partial charge in [0.05, 0.1) is 6.61 Å². The lowest BCUT2D eigenvalue weighted by Gasteiger charge is -2.17. The monoisotopic (exact) mass is 206 g/mol. The minimum atomic E-state index is -0.289. The second kappa shape index (κ2) is 4.73. The van der Waals surface area contributed by atoms with Gasteiger partial charge in [-0.15, -0.1) is 0 Å². The van der Waals surface area contributed by atoms with Crippen molar-refractivity contribution >= 4 is 0 Å². The standard InChI is InChI=1S/C12H14O3/c1-10-13-9-5-8-12(14-10)15-11-6-3-2-4-7-11/h2-4,6-7,12H,1,5,8-9H2. The summed E-state index contributed by atoms with van der Waals surface area (Å²) in [6, 6.07) is 9.60. The SMILES string of the molecule is C=C1OCCCC(Oc2ccccc2)O1. The maximum absolute atomic E-state index is 5.64. The van der Waals surface area contributed by atoms with Gasteiger partial charge >= 0.3 is 0 Å². The summed E-state index contributed by atoms with van der Waals surface area (Å²) in [5, 5.41) is 0. The maximum atomic E-state index is 5.64. The Hall–Kier alpha value is -1.64. The van der Waals surface area contributed by atoms with Crippen LogP contribution >= 0.6 is 0 Å². The van der Waals surface area contributed by atoms with Gasteiger partial charge < -0.3 is 14.2 Å². The third-order valence-electron chi connectivity index (χ3n) is 2.12. The third-order valence-corrected chi connectivity index (χ3v) is 2.12. The number of benzene rings is 1. The summed E-state index contributed by atoms with van der Waals surface area (Å²) in [4.78, 5) is 0. The molecular formula is C12H14O3. The second-order valence-corrected chi connectivity index (χ2v) is 3.34. The van der Waals surface area contributed by atoms with Crippen molar-refractivity contribution in [2.24, 2.45) is 0 Å². The molecule has 1 fully saturated rings. The van der Waals surface area contributed by atoms with Crippen molar-refractivity contribution in [2.45, 2.75) is 19.1 Å². The van der Waals surface area contributed by atoms with Crippen LogP contribution in [0.15, 0.2) is 42.9 Å². The lowest BCUT2D eigenvalue weighted by Crippen LogP contribution is -2.18. The highest BCUT2D eigenvalue weighted by molar-refractivity contribution is 5.21. The van der Waals surface area contributed by atoms with Gasteiger partial charge in [-0.2, -0.15) is 0 Å². The molecule has 1 aliphatic heterocycles. The Morgan fingerprint density at radius 1 is 1.27 bits per heavy atom. The van der Waals surface area contributed by atoms with E-state index in [4.69, 9.17) is 14.2 Å². The molecule has 3 nitrogen and oxygen atoms in total. The highest BCUT2D eigenvalue weighted by Crippen LogP contribution is 2.19. The van der Waals surface area contributed by atoms with Crippen LogP contribution in [0, 0.1) is 0 Å². The van der Waals surface area contributed by atoms with E-state index in [1.54, 1.807) is 0 Å². The van der Waals surface area contributed by atoms with Crippen molar-refractivity contribution in [3.05, 3.63) is 42.9 Å². The van der Waals surface area contributed by atoms with E-state index in [2.05, 4.69) is 6.58 Å². The van der Waals surface area contributed by atoms with Crippen LogP contribution in [0.25, 0.3) is 0 Å².